The van der Waals surface area contributed by atoms with Crippen molar-refractivity contribution in [2.45, 2.75) is 20.4 Å². The van der Waals surface area contributed by atoms with Crippen LogP contribution in [0.1, 0.15) is 18.1 Å². The Hall–Kier alpha value is -3.87. The Morgan fingerprint density at radius 1 is 0.968 bits per heavy atom. The summed E-state index contributed by atoms with van der Waals surface area (Å²) in [6.07, 6.45) is 2.99. The Labute approximate surface area is 182 Å². The Bertz CT molecular complexity index is 1010. The van der Waals surface area contributed by atoms with E-state index >= 15 is 0 Å². The van der Waals surface area contributed by atoms with E-state index in [1.165, 1.54) is 0 Å². The maximum atomic E-state index is 12.9. The Balaban J connectivity index is 1.73. The fourth-order valence-electron chi connectivity index (χ4n) is 3.14. The van der Waals surface area contributed by atoms with Crippen LogP contribution in [0, 0.1) is 6.92 Å². The van der Waals surface area contributed by atoms with Gasteiger partial charge in [0.15, 0.2) is 0 Å². The molecule has 0 aliphatic carbocycles. The van der Waals surface area contributed by atoms with E-state index < -0.39 is 6.09 Å². The third kappa shape index (κ3) is 6.30. The quantitative estimate of drug-likeness (QED) is 0.558. The van der Waals surface area contributed by atoms with Crippen LogP contribution in [0.25, 0.3) is 0 Å². The number of rotatable bonds is 8. The number of hydrogen-bond acceptors (Lipinski definition) is 5. The smallest absolute Gasteiger partial charge is 0.411 e. The zero-order valence-corrected chi connectivity index (χ0v) is 17.7. The zero-order valence-electron chi connectivity index (χ0n) is 17.7. The molecule has 0 aliphatic rings. The van der Waals surface area contributed by atoms with Gasteiger partial charge in [0.25, 0.3) is 0 Å². The number of nitrogens with zero attached hydrogens (tertiary/aromatic N) is 2. The molecule has 0 saturated heterocycles. The van der Waals surface area contributed by atoms with E-state index in [4.69, 9.17) is 4.74 Å². The predicted octanol–water partition coefficient (Wildman–Crippen LogP) is 4.60. The van der Waals surface area contributed by atoms with Crippen molar-refractivity contribution >= 4 is 29.1 Å². The van der Waals surface area contributed by atoms with Gasteiger partial charge in [0.05, 0.1) is 13.2 Å². The van der Waals surface area contributed by atoms with Gasteiger partial charge in [0.2, 0.25) is 5.91 Å². The van der Waals surface area contributed by atoms with Gasteiger partial charge in [0, 0.05) is 36.0 Å². The maximum Gasteiger partial charge on any atom is 0.411 e. The van der Waals surface area contributed by atoms with Crippen LogP contribution in [0.2, 0.25) is 0 Å². The lowest BCUT2D eigenvalue weighted by Gasteiger charge is -2.24. The molecule has 2 aromatic carbocycles. The maximum absolute atomic E-state index is 12.9. The Kier molecular flexibility index (Phi) is 7.59. The fourth-order valence-corrected chi connectivity index (χ4v) is 3.14. The first kappa shape index (κ1) is 21.8. The molecule has 7 heteroatoms. The molecule has 1 heterocycles. The topological polar surface area (TPSA) is 83.6 Å². The SMILES string of the molecule is CCOC(=O)Nc1cccc(NC(=O)CN(Cc2cccnc2)c2ccccc2)c1C. The highest BCUT2D eigenvalue weighted by molar-refractivity contribution is 5.96. The first-order valence-corrected chi connectivity index (χ1v) is 10.1. The standard InChI is InChI=1S/C24H26N4O3/c1-3-31-24(30)27-22-13-7-12-21(18(22)2)26-23(29)17-28(20-10-5-4-6-11-20)16-19-9-8-14-25-15-19/h4-15H,3,16-17H2,1-2H3,(H,26,29)(H,27,30). The van der Waals surface area contributed by atoms with Crippen molar-refractivity contribution in [3.63, 3.8) is 0 Å². The van der Waals surface area contributed by atoms with E-state index in [2.05, 4.69) is 15.6 Å². The highest BCUT2D eigenvalue weighted by Gasteiger charge is 2.15. The molecule has 0 fully saturated rings. The molecule has 0 atom stereocenters. The molecule has 0 radical (unpaired) electrons. The summed E-state index contributed by atoms with van der Waals surface area (Å²) in [6, 6.07) is 19.0. The average molecular weight is 418 g/mol. The third-order valence-electron chi connectivity index (χ3n) is 4.67. The van der Waals surface area contributed by atoms with Gasteiger partial charge in [-0.1, -0.05) is 30.3 Å². The minimum Gasteiger partial charge on any atom is -0.450 e. The van der Waals surface area contributed by atoms with Crippen LogP contribution in [0.4, 0.5) is 21.9 Å². The van der Waals surface area contributed by atoms with Gasteiger partial charge in [-0.3, -0.25) is 15.1 Å². The van der Waals surface area contributed by atoms with Gasteiger partial charge >= 0.3 is 6.09 Å². The van der Waals surface area contributed by atoms with Crippen molar-refractivity contribution in [3.8, 4) is 0 Å². The lowest BCUT2D eigenvalue weighted by molar-refractivity contribution is -0.115. The van der Waals surface area contributed by atoms with Crippen LogP contribution in [0.5, 0.6) is 0 Å². The van der Waals surface area contributed by atoms with E-state index in [0.717, 1.165) is 16.8 Å². The van der Waals surface area contributed by atoms with Crippen LogP contribution in [-0.4, -0.2) is 30.1 Å². The number of amides is 2. The summed E-state index contributed by atoms with van der Waals surface area (Å²) in [4.78, 5) is 30.8. The molecule has 0 saturated carbocycles. The molecule has 0 unspecified atom stereocenters. The predicted molar refractivity (Wildman–Crippen MR) is 122 cm³/mol. The Morgan fingerprint density at radius 2 is 1.71 bits per heavy atom. The summed E-state index contributed by atoms with van der Waals surface area (Å²) in [7, 11) is 0. The van der Waals surface area contributed by atoms with E-state index in [1.54, 1.807) is 37.5 Å². The number of para-hydroxylation sites is 1. The second-order valence-corrected chi connectivity index (χ2v) is 6.92. The molecule has 0 aliphatic heterocycles. The van der Waals surface area contributed by atoms with Gasteiger partial charge in [-0.25, -0.2) is 4.79 Å². The van der Waals surface area contributed by atoms with Crippen molar-refractivity contribution < 1.29 is 14.3 Å². The van der Waals surface area contributed by atoms with E-state index in [-0.39, 0.29) is 19.1 Å². The molecule has 1 aromatic heterocycles. The molecule has 2 amide bonds. The summed E-state index contributed by atoms with van der Waals surface area (Å²) in [5.74, 6) is -0.163. The first-order chi connectivity index (χ1) is 15.1. The Morgan fingerprint density at radius 3 is 2.39 bits per heavy atom. The van der Waals surface area contributed by atoms with Gasteiger partial charge in [-0.05, 0) is 55.3 Å². The molecule has 31 heavy (non-hydrogen) atoms. The molecule has 7 nitrogen and oxygen atoms in total. The van der Waals surface area contributed by atoms with Gasteiger partial charge in [0.1, 0.15) is 0 Å². The van der Waals surface area contributed by atoms with Crippen LogP contribution in [-0.2, 0) is 16.1 Å². The number of pyridine rings is 1. The molecule has 2 N–H and O–H groups in total. The number of carbonyl (C=O) groups excluding carboxylic acids is 2. The molecule has 0 bridgehead atoms. The first-order valence-electron chi connectivity index (χ1n) is 10.1. The monoisotopic (exact) mass is 418 g/mol. The summed E-state index contributed by atoms with van der Waals surface area (Å²) < 4.78 is 4.93. The molecule has 3 rings (SSSR count). The zero-order chi connectivity index (χ0) is 22.1. The van der Waals surface area contributed by atoms with Crippen molar-refractivity contribution in [3.05, 3.63) is 84.2 Å². The molecule has 3 aromatic rings. The highest BCUT2D eigenvalue weighted by Crippen LogP contribution is 2.24. The number of aromatic nitrogens is 1. The summed E-state index contributed by atoms with van der Waals surface area (Å²) >= 11 is 0. The van der Waals surface area contributed by atoms with E-state index in [9.17, 15) is 9.59 Å². The normalized spacial score (nSPS) is 10.3. The number of ether oxygens (including phenoxy) is 1. The number of anilines is 3. The fraction of sp³-hybridized carbons (Fsp3) is 0.208. The molecule has 160 valence electrons. The molecular formula is C24H26N4O3. The average Bonchev–Trinajstić information content (AvgIpc) is 2.77. The van der Waals surface area contributed by atoms with Crippen molar-refractivity contribution in [1.29, 1.82) is 0 Å². The highest BCUT2D eigenvalue weighted by atomic mass is 16.5. The van der Waals surface area contributed by atoms with E-state index in [1.807, 2.05) is 54.3 Å². The largest absolute Gasteiger partial charge is 0.450 e. The van der Waals surface area contributed by atoms with Crippen LogP contribution >= 0.6 is 0 Å². The van der Waals surface area contributed by atoms with Gasteiger partial charge < -0.3 is 15.0 Å². The number of benzene rings is 2. The summed E-state index contributed by atoms with van der Waals surface area (Å²) in [5.41, 5.74) is 3.93. The number of nitrogens with one attached hydrogen (secondary N) is 2. The minimum atomic E-state index is -0.527. The van der Waals surface area contributed by atoms with Gasteiger partial charge in [-0.2, -0.15) is 0 Å². The number of hydrogen-bond donors (Lipinski definition) is 2. The second kappa shape index (κ2) is 10.8. The second-order valence-electron chi connectivity index (χ2n) is 6.92. The number of carbonyl (C=O) groups is 2. The van der Waals surface area contributed by atoms with E-state index in [0.29, 0.717) is 17.9 Å². The van der Waals surface area contributed by atoms with Crippen LogP contribution < -0.4 is 15.5 Å². The molecule has 0 spiro atoms. The van der Waals surface area contributed by atoms with Crippen molar-refractivity contribution in [2.24, 2.45) is 0 Å². The lowest BCUT2D eigenvalue weighted by atomic mass is 10.1. The minimum absolute atomic E-state index is 0.161. The van der Waals surface area contributed by atoms with Crippen molar-refractivity contribution in [1.82, 2.24) is 4.98 Å². The summed E-state index contributed by atoms with van der Waals surface area (Å²) in [6.45, 7) is 4.57. The van der Waals surface area contributed by atoms with Crippen molar-refractivity contribution in [2.75, 3.05) is 28.7 Å². The lowest BCUT2D eigenvalue weighted by Crippen LogP contribution is -2.33. The molecular weight excluding hydrogens is 392 g/mol. The summed E-state index contributed by atoms with van der Waals surface area (Å²) in [5, 5.41) is 5.65. The van der Waals surface area contributed by atoms with Gasteiger partial charge in [-0.15, -0.1) is 0 Å². The van der Waals surface area contributed by atoms with Crippen LogP contribution in [0.3, 0.4) is 0 Å². The van der Waals surface area contributed by atoms with Crippen LogP contribution in [0.15, 0.2) is 73.1 Å². The third-order valence-corrected chi connectivity index (χ3v) is 4.67.